The number of nitriles is 1. The molecule has 0 spiro atoms. The Morgan fingerprint density at radius 2 is 1.89 bits per heavy atom. The van der Waals surface area contributed by atoms with Crippen LogP contribution >= 0.6 is 0 Å². The standard InChI is InChI=1S/C22H17F2NO2/c1-2-14-3-7-16(8-4-14)17-11-19(23)21(20(24)12-17)22(26)27-18-9-5-15(13-25)6-10-18/h3-7,9-12,16H,2,8H2,1H3. The van der Waals surface area contributed by atoms with Crippen molar-refractivity contribution in [2.45, 2.75) is 25.7 Å². The Hall–Kier alpha value is -3.26. The fourth-order valence-corrected chi connectivity index (χ4v) is 2.93. The van der Waals surface area contributed by atoms with Crippen LogP contribution in [0.2, 0.25) is 0 Å². The number of hydrogen-bond acceptors (Lipinski definition) is 3. The molecule has 1 atom stereocenters. The first-order valence-electron chi connectivity index (χ1n) is 8.60. The molecule has 0 bridgehead atoms. The Balaban J connectivity index is 1.80. The van der Waals surface area contributed by atoms with Gasteiger partial charge in [0.15, 0.2) is 0 Å². The Morgan fingerprint density at radius 1 is 1.22 bits per heavy atom. The summed E-state index contributed by atoms with van der Waals surface area (Å²) < 4.78 is 33.9. The van der Waals surface area contributed by atoms with E-state index in [1.165, 1.54) is 42.0 Å². The van der Waals surface area contributed by atoms with Gasteiger partial charge in [-0.1, -0.05) is 30.7 Å². The lowest BCUT2D eigenvalue weighted by Gasteiger charge is -2.17. The van der Waals surface area contributed by atoms with Gasteiger partial charge in [-0.15, -0.1) is 0 Å². The lowest BCUT2D eigenvalue weighted by molar-refractivity contribution is 0.0724. The summed E-state index contributed by atoms with van der Waals surface area (Å²) in [6.45, 7) is 2.05. The Kier molecular flexibility index (Phi) is 5.46. The monoisotopic (exact) mass is 365 g/mol. The first-order valence-corrected chi connectivity index (χ1v) is 8.60. The van der Waals surface area contributed by atoms with Crippen LogP contribution in [0, 0.1) is 23.0 Å². The SMILES string of the molecule is CCC1=CCC(c2cc(F)c(C(=O)Oc3ccc(C#N)cc3)c(F)c2)C=C1. The second-order valence-electron chi connectivity index (χ2n) is 6.22. The third-order valence-corrected chi connectivity index (χ3v) is 4.48. The smallest absolute Gasteiger partial charge is 0.349 e. The van der Waals surface area contributed by atoms with Gasteiger partial charge < -0.3 is 4.74 Å². The third-order valence-electron chi connectivity index (χ3n) is 4.48. The first kappa shape index (κ1) is 18.5. The zero-order chi connectivity index (χ0) is 19.4. The van der Waals surface area contributed by atoms with E-state index in [4.69, 9.17) is 10.00 Å². The van der Waals surface area contributed by atoms with E-state index in [-0.39, 0.29) is 11.7 Å². The van der Waals surface area contributed by atoms with Crippen LogP contribution < -0.4 is 4.74 Å². The van der Waals surface area contributed by atoms with E-state index in [2.05, 4.69) is 0 Å². The molecule has 0 N–H and O–H groups in total. The molecule has 0 fully saturated rings. The molecule has 27 heavy (non-hydrogen) atoms. The van der Waals surface area contributed by atoms with Gasteiger partial charge in [0.05, 0.1) is 11.6 Å². The lowest BCUT2D eigenvalue weighted by Crippen LogP contribution is -2.14. The predicted octanol–water partition coefficient (Wildman–Crippen LogP) is 5.44. The first-order chi connectivity index (χ1) is 13.0. The maximum Gasteiger partial charge on any atom is 0.349 e. The van der Waals surface area contributed by atoms with Crippen LogP contribution in [0.1, 0.15) is 47.2 Å². The van der Waals surface area contributed by atoms with Gasteiger partial charge in [0.25, 0.3) is 0 Å². The number of rotatable bonds is 4. The second-order valence-corrected chi connectivity index (χ2v) is 6.22. The molecule has 3 rings (SSSR count). The maximum absolute atomic E-state index is 14.5. The number of benzene rings is 2. The summed E-state index contributed by atoms with van der Waals surface area (Å²) in [5.41, 5.74) is 1.32. The van der Waals surface area contributed by atoms with E-state index < -0.39 is 23.2 Å². The molecule has 0 saturated heterocycles. The maximum atomic E-state index is 14.5. The molecule has 3 nitrogen and oxygen atoms in total. The molecule has 1 aliphatic carbocycles. The minimum atomic E-state index is -1.12. The van der Waals surface area contributed by atoms with Crippen molar-refractivity contribution < 1.29 is 18.3 Å². The summed E-state index contributed by atoms with van der Waals surface area (Å²) in [6.07, 6.45) is 7.49. The van der Waals surface area contributed by atoms with Crippen LogP contribution in [0.3, 0.4) is 0 Å². The van der Waals surface area contributed by atoms with Crippen LogP contribution in [0.25, 0.3) is 0 Å². The van der Waals surface area contributed by atoms with Crippen molar-refractivity contribution in [3.8, 4) is 11.8 Å². The fraction of sp³-hybridized carbons (Fsp3) is 0.182. The molecule has 1 aliphatic rings. The summed E-state index contributed by atoms with van der Waals surface area (Å²) in [7, 11) is 0. The van der Waals surface area contributed by atoms with E-state index >= 15 is 0 Å². The van der Waals surface area contributed by atoms with Crippen molar-refractivity contribution in [1.82, 2.24) is 0 Å². The van der Waals surface area contributed by atoms with Gasteiger partial charge in [0, 0.05) is 5.92 Å². The Labute approximate surface area is 156 Å². The fourth-order valence-electron chi connectivity index (χ4n) is 2.93. The number of nitrogens with zero attached hydrogens (tertiary/aromatic N) is 1. The second kappa shape index (κ2) is 7.96. The van der Waals surface area contributed by atoms with Crippen LogP contribution in [0.5, 0.6) is 5.75 Å². The van der Waals surface area contributed by atoms with Crippen LogP contribution in [-0.2, 0) is 0 Å². The molecular weight excluding hydrogens is 348 g/mol. The summed E-state index contributed by atoms with van der Waals surface area (Å²) in [4.78, 5) is 12.2. The van der Waals surface area contributed by atoms with Gasteiger partial charge in [0.2, 0.25) is 0 Å². The minimum absolute atomic E-state index is 0.106. The van der Waals surface area contributed by atoms with Crippen LogP contribution in [-0.4, -0.2) is 5.97 Å². The summed E-state index contributed by atoms with van der Waals surface area (Å²) >= 11 is 0. The summed E-state index contributed by atoms with van der Waals surface area (Å²) in [6, 6.07) is 9.98. The highest BCUT2D eigenvalue weighted by Crippen LogP contribution is 2.30. The highest BCUT2D eigenvalue weighted by atomic mass is 19.1. The Morgan fingerprint density at radius 3 is 2.41 bits per heavy atom. The molecule has 0 saturated carbocycles. The van der Waals surface area contributed by atoms with Gasteiger partial charge in [-0.25, -0.2) is 13.6 Å². The number of hydrogen-bond donors (Lipinski definition) is 0. The predicted molar refractivity (Wildman–Crippen MR) is 97.3 cm³/mol. The molecule has 0 amide bonds. The molecular formula is C22H17F2NO2. The van der Waals surface area contributed by atoms with Crippen LogP contribution in [0.4, 0.5) is 8.78 Å². The van der Waals surface area contributed by atoms with Gasteiger partial charge in [0.1, 0.15) is 22.9 Å². The number of carbonyl (C=O) groups excluding carboxylic acids is 1. The number of ether oxygens (including phenoxy) is 1. The number of halogens is 2. The van der Waals surface area contributed by atoms with E-state index in [9.17, 15) is 13.6 Å². The highest BCUT2D eigenvalue weighted by Gasteiger charge is 2.23. The zero-order valence-corrected chi connectivity index (χ0v) is 14.7. The number of esters is 1. The van der Waals surface area contributed by atoms with Crippen molar-refractivity contribution >= 4 is 5.97 Å². The third kappa shape index (κ3) is 4.12. The van der Waals surface area contributed by atoms with Crippen LogP contribution in [0.15, 0.2) is 60.2 Å². The van der Waals surface area contributed by atoms with Crippen molar-refractivity contribution in [2.75, 3.05) is 0 Å². The molecule has 2 aromatic rings. The van der Waals surface area contributed by atoms with Gasteiger partial charge >= 0.3 is 5.97 Å². The molecule has 136 valence electrons. The topological polar surface area (TPSA) is 50.1 Å². The average Bonchev–Trinajstić information content (AvgIpc) is 2.68. The largest absolute Gasteiger partial charge is 0.423 e. The van der Waals surface area contributed by atoms with E-state index in [1.807, 2.05) is 31.2 Å². The van der Waals surface area contributed by atoms with E-state index in [0.29, 0.717) is 17.5 Å². The average molecular weight is 365 g/mol. The molecule has 0 radical (unpaired) electrons. The minimum Gasteiger partial charge on any atom is -0.423 e. The van der Waals surface area contributed by atoms with E-state index in [1.54, 1.807) is 0 Å². The van der Waals surface area contributed by atoms with Crippen molar-refractivity contribution in [3.05, 3.63) is 88.5 Å². The Bertz CT molecular complexity index is 946. The van der Waals surface area contributed by atoms with Crippen molar-refractivity contribution in [1.29, 1.82) is 5.26 Å². The quantitative estimate of drug-likeness (QED) is 0.536. The molecule has 5 heteroatoms. The summed E-state index contributed by atoms with van der Waals surface area (Å²) in [5, 5.41) is 8.76. The molecule has 0 heterocycles. The van der Waals surface area contributed by atoms with E-state index in [0.717, 1.165) is 6.42 Å². The summed E-state index contributed by atoms with van der Waals surface area (Å²) in [5.74, 6) is -3.06. The molecule has 2 aromatic carbocycles. The van der Waals surface area contributed by atoms with Gasteiger partial charge in [-0.05, 0) is 54.8 Å². The normalized spacial score (nSPS) is 15.8. The van der Waals surface area contributed by atoms with Gasteiger partial charge in [-0.3, -0.25) is 0 Å². The highest BCUT2D eigenvalue weighted by molar-refractivity contribution is 5.91. The number of carbonyl (C=O) groups is 1. The lowest BCUT2D eigenvalue weighted by atomic mass is 9.89. The van der Waals surface area contributed by atoms with Crippen molar-refractivity contribution in [3.63, 3.8) is 0 Å². The molecule has 0 aromatic heterocycles. The zero-order valence-electron chi connectivity index (χ0n) is 14.7. The van der Waals surface area contributed by atoms with Crippen molar-refractivity contribution in [2.24, 2.45) is 0 Å². The molecule has 0 aliphatic heterocycles. The molecule has 1 unspecified atom stereocenters. The number of allylic oxidation sites excluding steroid dienone is 4. The van der Waals surface area contributed by atoms with Gasteiger partial charge in [-0.2, -0.15) is 5.26 Å².